The van der Waals surface area contributed by atoms with Gasteiger partial charge in [0.05, 0.1) is 23.0 Å². The summed E-state index contributed by atoms with van der Waals surface area (Å²) >= 11 is 0. The third kappa shape index (κ3) is 11.7. The van der Waals surface area contributed by atoms with Crippen LogP contribution >= 0.6 is 0 Å². The lowest BCUT2D eigenvalue weighted by Gasteiger charge is -2.05. The van der Waals surface area contributed by atoms with E-state index in [0.717, 1.165) is 31.4 Å². The Hall–Kier alpha value is -2.63. The molecule has 0 aliphatic rings. The number of carbonyl (C=O) groups excluding carboxylic acids is 1. The number of carboxylic acid groups (broad SMARTS) is 2. The van der Waals surface area contributed by atoms with Crippen molar-refractivity contribution >= 4 is 17.9 Å². The van der Waals surface area contributed by atoms with Gasteiger partial charge >= 0.3 is 17.9 Å². The van der Waals surface area contributed by atoms with Crippen molar-refractivity contribution in [2.24, 2.45) is 0 Å². The molecule has 0 atom stereocenters. The summed E-state index contributed by atoms with van der Waals surface area (Å²) in [6.07, 6.45) is 20.6. The fourth-order valence-corrected chi connectivity index (χ4v) is 3.55. The van der Waals surface area contributed by atoms with Crippen molar-refractivity contribution in [1.29, 1.82) is 0 Å². The summed E-state index contributed by atoms with van der Waals surface area (Å²) < 4.78 is 5.00. The Balaban J connectivity index is 2.13. The number of rotatable bonds is 18. The molecule has 1 aromatic rings. The van der Waals surface area contributed by atoms with Gasteiger partial charge in [0, 0.05) is 0 Å². The number of ether oxygens (including phenoxy) is 1. The van der Waals surface area contributed by atoms with E-state index >= 15 is 0 Å². The van der Waals surface area contributed by atoms with Gasteiger partial charge in [0.2, 0.25) is 0 Å². The average Bonchev–Trinajstić information content (AvgIpc) is 2.78. The van der Waals surface area contributed by atoms with E-state index in [0.29, 0.717) is 0 Å². The Morgan fingerprint density at radius 1 is 0.750 bits per heavy atom. The normalized spacial score (nSPS) is 11.0. The van der Waals surface area contributed by atoms with E-state index in [1.165, 1.54) is 83.0 Å². The van der Waals surface area contributed by atoms with Crippen molar-refractivity contribution in [3.05, 3.63) is 47.2 Å². The molecule has 6 nitrogen and oxygen atoms in total. The molecule has 32 heavy (non-hydrogen) atoms. The number of unbranched alkanes of at least 4 members (excludes halogenated alkanes) is 13. The summed E-state index contributed by atoms with van der Waals surface area (Å²) in [5, 5.41) is 18.2. The Morgan fingerprint density at radius 2 is 1.28 bits per heavy atom. The van der Waals surface area contributed by atoms with E-state index in [2.05, 4.69) is 6.92 Å². The second kappa shape index (κ2) is 17.0. The first-order valence-corrected chi connectivity index (χ1v) is 11.9. The summed E-state index contributed by atoms with van der Waals surface area (Å²) in [4.78, 5) is 34.4. The predicted molar refractivity (Wildman–Crippen MR) is 125 cm³/mol. The van der Waals surface area contributed by atoms with Crippen LogP contribution in [-0.2, 0) is 4.74 Å². The van der Waals surface area contributed by atoms with Crippen molar-refractivity contribution in [3.8, 4) is 0 Å². The van der Waals surface area contributed by atoms with Crippen molar-refractivity contribution in [3.63, 3.8) is 0 Å². The number of hydrogen-bond acceptors (Lipinski definition) is 4. The molecule has 0 aliphatic carbocycles. The molecule has 0 aromatic heterocycles. The van der Waals surface area contributed by atoms with Crippen molar-refractivity contribution in [1.82, 2.24) is 0 Å². The molecule has 0 aliphatic heterocycles. The number of allylic oxidation sites excluding steroid dienone is 1. The highest BCUT2D eigenvalue weighted by molar-refractivity contribution is 6.04. The van der Waals surface area contributed by atoms with Crippen LogP contribution in [0.5, 0.6) is 0 Å². The van der Waals surface area contributed by atoms with Crippen molar-refractivity contribution in [2.75, 3.05) is 0 Å². The summed E-state index contributed by atoms with van der Waals surface area (Å²) in [5.41, 5.74) is -0.759. The van der Waals surface area contributed by atoms with E-state index in [1.54, 1.807) is 6.08 Å². The SMILES string of the molecule is CCCCCCCCCCCCCCC/C=C/OC(=O)c1ccc(C(=O)O)cc1C(=O)O. The Bertz CT molecular complexity index is 738. The van der Waals surface area contributed by atoms with Crippen LogP contribution in [0.2, 0.25) is 0 Å². The number of aromatic carboxylic acids is 2. The lowest BCUT2D eigenvalue weighted by molar-refractivity contribution is 0.0629. The molecule has 0 fully saturated rings. The maximum absolute atomic E-state index is 12.1. The molecule has 0 radical (unpaired) electrons. The third-order valence-electron chi connectivity index (χ3n) is 5.46. The van der Waals surface area contributed by atoms with Gasteiger partial charge in [-0.3, -0.25) is 0 Å². The second-order valence-electron chi connectivity index (χ2n) is 8.18. The van der Waals surface area contributed by atoms with Crippen LogP contribution in [0.1, 0.15) is 128 Å². The first-order valence-electron chi connectivity index (χ1n) is 11.9. The van der Waals surface area contributed by atoms with Crippen LogP contribution in [-0.4, -0.2) is 28.1 Å². The number of hydrogen-bond donors (Lipinski definition) is 2. The monoisotopic (exact) mass is 446 g/mol. The molecule has 0 spiro atoms. The standard InChI is InChI=1S/C26H38O6/c1-2-3-4-5-6-7-8-9-10-11-12-13-14-15-16-19-32-26(31)22-18-17-21(24(27)28)20-23(22)25(29)30/h16-20H,2-15H2,1H3,(H,27,28)(H,29,30)/b19-16+. The minimum Gasteiger partial charge on any atom is -0.478 e. The molecule has 0 bridgehead atoms. The van der Waals surface area contributed by atoms with Crippen LogP contribution in [0.4, 0.5) is 0 Å². The number of benzene rings is 1. The molecule has 0 saturated carbocycles. The van der Waals surface area contributed by atoms with Gasteiger partial charge in [-0.15, -0.1) is 0 Å². The Labute approximate surface area is 191 Å². The smallest absolute Gasteiger partial charge is 0.343 e. The largest absolute Gasteiger partial charge is 0.478 e. The first-order chi connectivity index (χ1) is 15.5. The zero-order valence-corrected chi connectivity index (χ0v) is 19.3. The molecule has 2 N–H and O–H groups in total. The highest BCUT2D eigenvalue weighted by Gasteiger charge is 2.19. The molecule has 178 valence electrons. The van der Waals surface area contributed by atoms with E-state index in [9.17, 15) is 19.5 Å². The van der Waals surface area contributed by atoms with Crippen LogP contribution in [0.25, 0.3) is 0 Å². The molecular weight excluding hydrogens is 408 g/mol. The molecule has 0 unspecified atom stereocenters. The van der Waals surface area contributed by atoms with Gasteiger partial charge in [0.25, 0.3) is 0 Å². The fraction of sp³-hybridized carbons (Fsp3) is 0.577. The Kier molecular flexibility index (Phi) is 14.5. The number of carboxylic acids is 2. The van der Waals surface area contributed by atoms with Crippen LogP contribution in [0.15, 0.2) is 30.5 Å². The predicted octanol–water partition coefficient (Wildman–Crippen LogP) is 7.23. The van der Waals surface area contributed by atoms with Crippen LogP contribution in [0, 0.1) is 0 Å². The minimum absolute atomic E-state index is 0.173. The minimum atomic E-state index is -1.38. The zero-order valence-electron chi connectivity index (χ0n) is 19.3. The van der Waals surface area contributed by atoms with Gasteiger partial charge in [-0.25, -0.2) is 14.4 Å². The van der Waals surface area contributed by atoms with Crippen molar-refractivity contribution in [2.45, 2.75) is 96.8 Å². The molecule has 1 rings (SSSR count). The van der Waals surface area contributed by atoms with Gasteiger partial charge in [-0.1, -0.05) is 84.0 Å². The van der Waals surface area contributed by atoms with Crippen LogP contribution < -0.4 is 0 Å². The maximum atomic E-state index is 12.1. The molecule has 1 aromatic carbocycles. The van der Waals surface area contributed by atoms with Gasteiger partial charge in [-0.05, 0) is 37.1 Å². The average molecular weight is 447 g/mol. The molecule has 0 amide bonds. The quantitative estimate of drug-likeness (QED) is 0.140. The Morgan fingerprint density at radius 3 is 1.78 bits per heavy atom. The summed E-state index contributed by atoms with van der Waals surface area (Å²) in [5.74, 6) is -3.46. The van der Waals surface area contributed by atoms with Gasteiger partial charge in [-0.2, -0.15) is 0 Å². The summed E-state index contributed by atoms with van der Waals surface area (Å²) in [6, 6.07) is 3.30. The summed E-state index contributed by atoms with van der Waals surface area (Å²) in [6.45, 7) is 2.25. The van der Waals surface area contributed by atoms with E-state index in [-0.39, 0.29) is 16.7 Å². The van der Waals surface area contributed by atoms with E-state index in [4.69, 9.17) is 9.84 Å². The van der Waals surface area contributed by atoms with Gasteiger partial charge < -0.3 is 14.9 Å². The van der Waals surface area contributed by atoms with E-state index < -0.39 is 17.9 Å². The summed E-state index contributed by atoms with van der Waals surface area (Å²) in [7, 11) is 0. The van der Waals surface area contributed by atoms with Crippen LogP contribution in [0.3, 0.4) is 0 Å². The first kappa shape index (κ1) is 27.4. The van der Waals surface area contributed by atoms with E-state index in [1.807, 2.05) is 0 Å². The fourth-order valence-electron chi connectivity index (χ4n) is 3.55. The maximum Gasteiger partial charge on any atom is 0.343 e. The molecule has 0 heterocycles. The third-order valence-corrected chi connectivity index (χ3v) is 5.46. The van der Waals surface area contributed by atoms with Gasteiger partial charge in [0.1, 0.15) is 0 Å². The zero-order chi connectivity index (χ0) is 23.6. The lowest BCUT2D eigenvalue weighted by atomic mass is 10.0. The number of esters is 1. The topological polar surface area (TPSA) is 101 Å². The lowest BCUT2D eigenvalue weighted by Crippen LogP contribution is -2.11. The second-order valence-corrected chi connectivity index (χ2v) is 8.18. The van der Waals surface area contributed by atoms with Crippen molar-refractivity contribution < 1.29 is 29.3 Å². The molecule has 0 saturated heterocycles. The molecule has 6 heteroatoms. The number of carbonyl (C=O) groups is 3. The highest BCUT2D eigenvalue weighted by atomic mass is 16.5. The molecular formula is C26H38O6. The van der Waals surface area contributed by atoms with Gasteiger partial charge in [0.15, 0.2) is 0 Å². The highest BCUT2D eigenvalue weighted by Crippen LogP contribution is 2.15.